The van der Waals surface area contributed by atoms with Gasteiger partial charge in [-0.3, -0.25) is 9.59 Å². The Labute approximate surface area is 153 Å². The summed E-state index contributed by atoms with van der Waals surface area (Å²) in [6.45, 7) is 2.67. The predicted molar refractivity (Wildman–Crippen MR) is 101 cm³/mol. The SMILES string of the molecule is CC(=O)c1ccc(OCCCC(=O)NCCSc2ccccc2)cc1. The largest absolute Gasteiger partial charge is 0.494 e. The van der Waals surface area contributed by atoms with Crippen molar-refractivity contribution in [2.24, 2.45) is 0 Å². The number of carbonyl (C=O) groups is 2. The molecule has 0 aliphatic heterocycles. The first-order chi connectivity index (χ1) is 12.1. The van der Waals surface area contributed by atoms with Crippen molar-refractivity contribution in [2.75, 3.05) is 18.9 Å². The van der Waals surface area contributed by atoms with E-state index < -0.39 is 0 Å². The summed E-state index contributed by atoms with van der Waals surface area (Å²) >= 11 is 1.73. The normalized spacial score (nSPS) is 10.3. The van der Waals surface area contributed by atoms with Crippen molar-refractivity contribution in [3.8, 4) is 5.75 Å². The molecule has 0 fully saturated rings. The van der Waals surface area contributed by atoms with Gasteiger partial charge in [-0.25, -0.2) is 0 Å². The van der Waals surface area contributed by atoms with E-state index in [2.05, 4.69) is 17.4 Å². The fourth-order valence-corrected chi connectivity index (χ4v) is 2.96. The summed E-state index contributed by atoms with van der Waals surface area (Å²) in [5.74, 6) is 1.65. The zero-order chi connectivity index (χ0) is 17.9. The number of Topliss-reactive ketones (excluding diaryl/α,β-unsaturated/α-hetero) is 1. The lowest BCUT2D eigenvalue weighted by atomic mass is 10.1. The molecule has 132 valence electrons. The number of carbonyl (C=O) groups excluding carboxylic acids is 2. The van der Waals surface area contributed by atoms with Gasteiger partial charge in [-0.15, -0.1) is 11.8 Å². The van der Waals surface area contributed by atoms with Crippen molar-refractivity contribution in [2.45, 2.75) is 24.7 Å². The number of ketones is 1. The molecular formula is C20H23NO3S. The van der Waals surface area contributed by atoms with E-state index in [9.17, 15) is 9.59 Å². The van der Waals surface area contributed by atoms with Crippen LogP contribution in [0.3, 0.4) is 0 Å². The number of thioether (sulfide) groups is 1. The van der Waals surface area contributed by atoms with Gasteiger partial charge in [-0.2, -0.15) is 0 Å². The van der Waals surface area contributed by atoms with Crippen LogP contribution in [0.15, 0.2) is 59.5 Å². The molecule has 4 nitrogen and oxygen atoms in total. The lowest BCUT2D eigenvalue weighted by molar-refractivity contribution is -0.121. The van der Waals surface area contributed by atoms with Crippen LogP contribution < -0.4 is 10.1 Å². The highest BCUT2D eigenvalue weighted by molar-refractivity contribution is 7.99. The zero-order valence-corrected chi connectivity index (χ0v) is 15.2. The molecule has 0 bridgehead atoms. The van der Waals surface area contributed by atoms with Crippen LogP contribution >= 0.6 is 11.8 Å². The Morgan fingerprint density at radius 2 is 1.76 bits per heavy atom. The van der Waals surface area contributed by atoms with E-state index >= 15 is 0 Å². The lowest BCUT2D eigenvalue weighted by Gasteiger charge is -2.07. The molecule has 0 saturated carbocycles. The highest BCUT2D eigenvalue weighted by atomic mass is 32.2. The first-order valence-corrected chi connectivity index (χ1v) is 9.32. The first kappa shape index (κ1) is 19.1. The summed E-state index contributed by atoms with van der Waals surface area (Å²) in [7, 11) is 0. The third-order valence-corrected chi connectivity index (χ3v) is 4.53. The summed E-state index contributed by atoms with van der Waals surface area (Å²) in [5.41, 5.74) is 0.667. The van der Waals surface area contributed by atoms with E-state index in [1.54, 1.807) is 36.0 Å². The van der Waals surface area contributed by atoms with Crippen LogP contribution in [0.4, 0.5) is 0 Å². The van der Waals surface area contributed by atoms with Gasteiger partial charge >= 0.3 is 0 Å². The van der Waals surface area contributed by atoms with Gasteiger partial charge in [-0.05, 0) is 49.7 Å². The molecule has 0 radical (unpaired) electrons. The topological polar surface area (TPSA) is 55.4 Å². The van der Waals surface area contributed by atoms with E-state index in [1.165, 1.54) is 11.8 Å². The number of nitrogens with one attached hydrogen (secondary N) is 1. The van der Waals surface area contributed by atoms with Crippen molar-refractivity contribution in [1.82, 2.24) is 5.32 Å². The minimum absolute atomic E-state index is 0.0358. The molecular weight excluding hydrogens is 334 g/mol. The molecule has 5 heteroatoms. The molecule has 0 aliphatic rings. The Morgan fingerprint density at radius 3 is 2.44 bits per heavy atom. The fourth-order valence-electron chi connectivity index (χ4n) is 2.17. The zero-order valence-electron chi connectivity index (χ0n) is 14.4. The average molecular weight is 357 g/mol. The summed E-state index contributed by atoms with van der Waals surface area (Å²) in [5, 5.41) is 2.92. The van der Waals surface area contributed by atoms with Gasteiger partial charge in [0.05, 0.1) is 6.61 Å². The van der Waals surface area contributed by atoms with Gasteiger partial charge in [0.2, 0.25) is 5.91 Å². The van der Waals surface area contributed by atoms with Gasteiger partial charge in [0.1, 0.15) is 5.75 Å². The predicted octanol–water partition coefficient (Wildman–Crippen LogP) is 3.96. The van der Waals surface area contributed by atoms with Gasteiger partial charge in [-0.1, -0.05) is 18.2 Å². The molecule has 0 aromatic heterocycles. The van der Waals surface area contributed by atoms with Crippen LogP contribution in [0.25, 0.3) is 0 Å². The maximum atomic E-state index is 11.8. The second-order valence-electron chi connectivity index (χ2n) is 5.54. The van der Waals surface area contributed by atoms with Crippen molar-refractivity contribution in [3.05, 3.63) is 60.2 Å². The Bertz CT molecular complexity index is 671. The van der Waals surface area contributed by atoms with E-state index in [0.29, 0.717) is 37.3 Å². The minimum Gasteiger partial charge on any atom is -0.494 e. The van der Waals surface area contributed by atoms with Crippen LogP contribution in [0.1, 0.15) is 30.1 Å². The Hall–Kier alpha value is -2.27. The molecule has 1 N–H and O–H groups in total. The number of rotatable bonds is 10. The van der Waals surface area contributed by atoms with Crippen LogP contribution in [0.2, 0.25) is 0 Å². The number of hydrogen-bond donors (Lipinski definition) is 1. The molecule has 2 rings (SSSR count). The molecule has 25 heavy (non-hydrogen) atoms. The van der Waals surface area contributed by atoms with Crippen molar-refractivity contribution in [1.29, 1.82) is 0 Å². The van der Waals surface area contributed by atoms with Gasteiger partial charge in [0, 0.05) is 29.2 Å². The van der Waals surface area contributed by atoms with Crippen molar-refractivity contribution >= 4 is 23.5 Å². The van der Waals surface area contributed by atoms with Gasteiger partial charge in [0.15, 0.2) is 5.78 Å². The van der Waals surface area contributed by atoms with Crippen molar-refractivity contribution in [3.63, 3.8) is 0 Å². The van der Waals surface area contributed by atoms with Crippen LogP contribution in [0, 0.1) is 0 Å². The number of ether oxygens (including phenoxy) is 1. The Balaban J connectivity index is 1.54. The average Bonchev–Trinajstić information content (AvgIpc) is 2.63. The minimum atomic E-state index is 0.0358. The van der Waals surface area contributed by atoms with Gasteiger partial charge in [0.25, 0.3) is 0 Å². The maximum Gasteiger partial charge on any atom is 0.220 e. The summed E-state index contributed by atoms with van der Waals surface area (Å²) in [6, 6.07) is 17.2. The lowest BCUT2D eigenvalue weighted by Crippen LogP contribution is -2.25. The monoisotopic (exact) mass is 357 g/mol. The molecule has 1 amide bonds. The summed E-state index contributed by atoms with van der Waals surface area (Å²) < 4.78 is 5.58. The van der Waals surface area contributed by atoms with E-state index in [4.69, 9.17) is 4.74 Å². The summed E-state index contributed by atoms with van der Waals surface area (Å²) in [4.78, 5) is 24.2. The second kappa shape index (κ2) is 10.6. The molecule has 0 spiro atoms. The molecule has 0 atom stereocenters. The quantitative estimate of drug-likeness (QED) is 0.397. The van der Waals surface area contributed by atoms with Crippen LogP contribution in [-0.2, 0) is 4.79 Å². The molecule has 0 saturated heterocycles. The number of amides is 1. The van der Waals surface area contributed by atoms with Crippen LogP contribution in [-0.4, -0.2) is 30.6 Å². The van der Waals surface area contributed by atoms with Gasteiger partial charge < -0.3 is 10.1 Å². The molecule has 0 aliphatic carbocycles. The standard InChI is InChI=1S/C20H23NO3S/c1-16(22)17-9-11-18(12-10-17)24-14-5-8-20(23)21-13-15-25-19-6-3-2-4-7-19/h2-4,6-7,9-12H,5,8,13-15H2,1H3,(H,21,23). The van der Waals surface area contributed by atoms with E-state index in [1.807, 2.05) is 18.2 Å². The number of benzene rings is 2. The van der Waals surface area contributed by atoms with Crippen molar-refractivity contribution < 1.29 is 14.3 Å². The fraction of sp³-hybridized carbons (Fsp3) is 0.300. The molecule has 0 heterocycles. The molecule has 2 aromatic carbocycles. The third-order valence-electron chi connectivity index (χ3n) is 3.51. The Kier molecular flexibility index (Phi) is 8.05. The highest BCUT2D eigenvalue weighted by Crippen LogP contribution is 2.16. The first-order valence-electron chi connectivity index (χ1n) is 8.33. The van der Waals surface area contributed by atoms with Crippen LogP contribution in [0.5, 0.6) is 5.75 Å². The smallest absolute Gasteiger partial charge is 0.220 e. The van der Waals surface area contributed by atoms with E-state index in [-0.39, 0.29) is 11.7 Å². The maximum absolute atomic E-state index is 11.8. The molecule has 0 unspecified atom stereocenters. The number of hydrogen-bond acceptors (Lipinski definition) is 4. The van der Waals surface area contributed by atoms with E-state index in [0.717, 1.165) is 5.75 Å². The molecule has 2 aromatic rings. The Morgan fingerprint density at radius 1 is 1.04 bits per heavy atom. The summed E-state index contributed by atoms with van der Waals surface area (Å²) in [6.07, 6.45) is 1.10. The highest BCUT2D eigenvalue weighted by Gasteiger charge is 2.03. The third kappa shape index (κ3) is 7.44. The second-order valence-corrected chi connectivity index (χ2v) is 6.71.